The lowest BCUT2D eigenvalue weighted by Crippen LogP contribution is -2.04. The van der Waals surface area contributed by atoms with Gasteiger partial charge in [0.25, 0.3) is 0 Å². The third-order valence-electron chi connectivity index (χ3n) is 2.94. The fourth-order valence-electron chi connectivity index (χ4n) is 1.82. The molecule has 0 bridgehead atoms. The Bertz CT molecular complexity index is 726. The van der Waals surface area contributed by atoms with Gasteiger partial charge in [0.1, 0.15) is 11.5 Å². The molecule has 0 unspecified atom stereocenters. The summed E-state index contributed by atoms with van der Waals surface area (Å²) in [5, 5.41) is 0.607. The van der Waals surface area contributed by atoms with Gasteiger partial charge in [-0.1, -0.05) is 17.7 Å². The molecule has 0 aliphatic heterocycles. The van der Waals surface area contributed by atoms with Crippen LogP contribution in [0.3, 0.4) is 0 Å². The zero-order chi connectivity index (χ0) is 16.1. The molecule has 2 aromatic carbocycles. The van der Waals surface area contributed by atoms with Crippen LogP contribution in [0.15, 0.2) is 46.9 Å². The van der Waals surface area contributed by atoms with Crippen LogP contribution in [0.2, 0.25) is 5.02 Å². The van der Waals surface area contributed by atoms with Crippen molar-refractivity contribution in [3.63, 3.8) is 0 Å². The van der Waals surface area contributed by atoms with Gasteiger partial charge in [-0.3, -0.25) is 0 Å². The van der Waals surface area contributed by atoms with E-state index in [1.807, 2.05) is 25.1 Å². The first kappa shape index (κ1) is 16.6. The number of ether oxygens (including phenoxy) is 2. The lowest BCUT2D eigenvalue weighted by Gasteiger charge is -2.05. The molecule has 0 saturated carbocycles. The van der Waals surface area contributed by atoms with E-state index in [1.165, 1.54) is 6.08 Å². The second-order valence-corrected chi connectivity index (χ2v) is 5.85. The maximum absolute atomic E-state index is 11.9. The van der Waals surface area contributed by atoms with Gasteiger partial charge < -0.3 is 9.47 Å². The predicted octanol–water partition coefficient (Wildman–Crippen LogP) is 5.04. The zero-order valence-corrected chi connectivity index (χ0v) is 14.4. The predicted molar refractivity (Wildman–Crippen MR) is 91.6 cm³/mol. The molecule has 0 spiro atoms. The van der Waals surface area contributed by atoms with E-state index in [-0.39, 0.29) is 0 Å². The Morgan fingerprint density at radius 1 is 1.18 bits per heavy atom. The molecule has 2 rings (SSSR count). The summed E-state index contributed by atoms with van der Waals surface area (Å²) in [5.41, 5.74) is 1.67. The van der Waals surface area contributed by atoms with Crippen LogP contribution in [0.4, 0.5) is 0 Å². The number of carbonyl (C=O) groups is 1. The maximum atomic E-state index is 11.9. The minimum Gasteiger partial charge on any atom is -0.496 e. The molecule has 2 aromatic rings. The highest BCUT2D eigenvalue weighted by Crippen LogP contribution is 2.26. The molecular formula is C17H14BrClO3. The first-order valence-electron chi connectivity index (χ1n) is 6.49. The van der Waals surface area contributed by atoms with Gasteiger partial charge >= 0.3 is 5.97 Å². The molecule has 0 atom stereocenters. The Labute approximate surface area is 142 Å². The van der Waals surface area contributed by atoms with Gasteiger partial charge in [0.05, 0.1) is 11.6 Å². The minimum absolute atomic E-state index is 0.447. The molecule has 0 N–H and O–H groups in total. The van der Waals surface area contributed by atoms with Crippen molar-refractivity contribution < 1.29 is 14.3 Å². The van der Waals surface area contributed by atoms with Crippen LogP contribution < -0.4 is 9.47 Å². The third-order valence-corrected chi connectivity index (χ3v) is 3.79. The van der Waals surface area contributed by atoms with Crippen molar-refractivity contribution in [2.45, 2.75) is 6.92 Å². The molecule has 5 heteroatoms. The molecule has 22 heavy (non-hydrogen) atoms. The van der Waals surface area contributed by atoms with Crippen molar-refractivity contribution in [1.82, 2.24) is 0 Å². The first-order chi connectivity index (χ1) is 10.5. The Morgan fingerprint density at radius 3 is 2.55 bits per heavy atom. The largest absolute Gasteiger partial charge is 0.496 e. The minimum atomic E-state index is -0.447. The maximum Gasteiger partial charge on any atom is 0.336 e. The van der Waals surface area contributed by atoms with Crippen molar-refractivity contribution in [1.29, 1.82) is 0 Å². The molecule has 0 aliphatic rings. The Balaban J connectivity index is 2.06. The van der Waals surface area contributed by atoms with Crippen LogP contribution >= 0.6 is 27.5 Å². The average Bonchev–Trinajstić information content (AvgIpc) is 2.48. The van der Waals surface area contributed by atoms with E-state index in [9.17, 15) is 4.79 Å². The summed E-state index contributed by atoms with van der Waals surface area (Å²) in [6.45, 7) is 1.83. The van der Waals surface area contributed by atoms with Crippen LogP contribution in [0.1, 0.15) is 11.1 Å². The second-order valence-electron chi connectivity index (χ2n) is 4.56. The van der Waals surface area contributed by atoms with Gasteiger partial charge in [-0.05, 0) is 70.4 Å². The third kappa shape index (κ3) is 4.36. The summed E-state index contributed by atoms with van der Waals surface area (Å²) in [7, 11) is 1.60. The summed E-state index contributed by atoms with van der Waals surface area (Å²) < 4.78 is 11.2. The van der Waals surface area contributed by atoms with Gasteiger partial charge in [-0.15, -0.1) is 0 Å². The van der Waals surface area contributed by atoms with Crippen LogP contribution in [0.25, 0.3) is 6.08 Å². The van der Waals surface area contributed by atoms with Gasteiger partial charge in [-0.25, -0.2) is 4.79 Å². The molecule has 0 aliphatic carbocycles. The van der Waals surface area contributed by atoms with E-state index < -0.39 is 5.97 Å². The van der Waals surface area contributed by atoms with Crippen molar-refractivity contribution in [2.75, 3.05) is 7.11 Å². The van der Waals surface area contributed by atoms with Crippen LogP contribution in [-0.2, 0) is 4.79 Å². The molecular weight excluding hydrogens is 368 g/mol. The molecule has 0 radical (unpaired) electrons. The average molecular weight is 382 g/mol. The molecule has 114 valence electrons. The Hall–Kier alpha value is -1.78. The number of halogens is 2. The summed E-state index contributed by atoms with van der Waals surface area (Å²) in [4.78, 5) is 11.9. The summed E-state index contributed by atoms with van der Waals surface area (Å²) in [6.07, 6.45) is 3.06. The number of hydrogen-bond acceptors (Lipinski definition) is 3. The Kier molecular flexibility index (Phi) is 5.63. The standard InChI is InChI=1S/C17H14BrClO3/c1-11-9-13(19)5-7-15(11)22-17(20)8-4-12-3-6-16(21-2)14(18)10-12/h3-10H,1-2H3/b8-4+. The summed E-state index contributed by atoms with van der Waals surface area (Å²) >= 11 is 9.26. The van der Waals surface area contributed by atoms with Crippen molar-refractivity contribution >= 4 is 39.6 Å². The highest BCUT2D eigenvalue weighted by Gasteiger charge is 2.05. The van der Waals surface area contributed by atoms with Gasteiger partial charge in [0.15, 0.2) is 0 Å². The molecule has 3 nitrogen and oxygen atoms in total. The quantitative estimate of drug-likeness (QED) is 0.423. The molecule has 0 fully saturated rings. The lowest BCUT2D eigenvalue weighted by atomic mass is 10.2. The molecule has 0 aromatic heterocycles. The first-order valence-corrected chi connectivity index (χ1v) is 7.66. The zero-order valence-electron chi connectivity index (χ0n) is 12.1. The highest BCUT2D eigenvalue weighted by atomic mass is 79.9. The number of esters is 1. The number of carbonyl (C=O) groups excluding carboxylic acids is 1. The van der Waals surface area contributed by atoms with E-state index in [2.05, 4.69) is 15.9 Å². The summed E-state index contributed by atoms with van der Waals surface area (Å²) in [6, 6.07) is 10.6. The fourth-order valence-corrected chi connectivity index (χ4v) is 2.61. The molecule has 0 saturated heterocycles. The number of benzene rings is 2. The van der Waals surface area contributed by atoms with Crippen LogP contribution in [0.5, 0.6) is 11.5 Å². The fraction of sp³-hybridized carbons (Fsp3) is 0.118. The Morgan fingerprint density at radius 2 is 1.91 bits per heavy atom. The topological polar surface area (TPSA) is 35.5 Å². The number of aryl methyl sites for hydroxylation is 1. The number of rotatable bonds is 4. The highest BCUT2D eigenvalue weighted by molar-refractivity contribution is 9.10. The lowest BCUT2D eigenvalue weighted by molar-refractivity contribution is -0.128. The van der Waals surface area contributed by atoms with E-state index >= 15 is 0 Å². The van der Waals surface area contributed by atoms with E-state index in [0.717, 1.165) is 21.3 Å². The van der Waals surface area contributed by atoms with Crippen molar-refractivity contribution in [3.8, 4) is 11.5 Å². The molecule has 0 amide bonds. The smallest absolute Gasteiger partial charge is 0.336 e. The van der Waals surface area contributed by atoms with E-state index in [4.69, 9.17) is 21.1 Å². The molecule has 0 heterocycles. The van der Waals surface area contributed by atoms with Crippen LogP contribution in [0, 0.1) is 6.92 Å². The summed E-state index contributed by atoms with van der Waals surface area (Å²) in [5.74, 6) is 0.781. The van der Waals surface area contributed by atoms with Gasteiger partial charge in [-0.2, -0.15) is 0 Å². The number of hydrogen-bond donors (Lipinski definition) is 0. The van der Waals surface area contributed by atoms with E-state index in [0.29, 0.717) is 10.8 Å². The monoisotopic (exact) mass is 380 g/mol. The number of methoxy groups -OCH3 is 1. The van der Waals surface area contributed by atoms with Crippen LogP contribution in [-0.4, -0.2) is 13.1 Å². The van der Waals surface area contributed by atoms with Gasteiger partial charge in [0, 0.05) is 11.1 Å². The normalized spacial score (nSPS) is 10.7. The van der Waals surface area contributed by atoms with Crippen molar-refractivity contribution in [3.05, 3.63) is 63.1 Å². The second kappa shape index (κ2) is 7.47. The SMILES string of the molecule is COc1ccc(/C=C/C(=O)Oc2ccc(Cl)cc2C)cc1Br. The van der Waals surface area contributed by atoms with Gasteiger partial charge in [0.2, 0.25) is 0 Å². The van der Waals surface area contributed by atoms with Crippen molar-refractivity contribution in [2.24, 2.45) is 0 Å². The van der Waals surface area contributed by atoms with E-state index in [1.54, 1.807) is 31.4 Å².